The summed E-state index contributed by atoms with van der Waals surface area (Å²) in [5.74, 6) is 1.98. The van der Waals surface area contributed by atoms with Crippen molar-refractivity contribution < 1.29 is 14.3 Å². The van der Waals surface area contributed by atoms with Gasteiger partial charge in [0.15, 0.2) is 0 Å². The molecule has 5 aliphatic rings. The molecule has 174 valence electrons. The number of amides is 1. The molecule has 0 radical (unpaired) electrons. The maximum Gasteiger partial charge on any atom is 0.407 e. The number of fused-ring (bicyclic) bond motifs is 4. The average Bonchev–Trinajstić information content (AvgIpc) is 3.67. The van der Waals surface area contributed by atoms with Crippen LogP contribution in [0.1, 0.15) is 62.7 Å². The third-order valence-electron chi connectivity index (χ3n) is 7.94. The predicted octanol–water partition coefficient (Wildman–Crippen LogP) is 4.91. The van der Waals surface area contributed by atoms with Crippen molar-refractivity contribution in [2.24, 2.45) is 11.3 Å². The number of rotatable bonds is 4. The quantitative estimate of drug-likeness (QED) is 0.722. The number of hydrogen-bond donors (Lipinski definition) is 1. The molecule has 1 aliphatic carbocycles. The maximum absolute atomic E-state index is 12.9. The highest BCUT2D eigenvalue weighted by Gasteiger charge is 2.41. The Morgan fingerprint density at radius 1 is 1.12 bits per heavy atom. The number of benzene rings is 1. The fourth-order valence-corrected chi connectivity index (χ4v) is 5.65. The van der Waals surface area contributed by atoms with E-state index in [2.05, 4.69) is 59.4 Å². The van der Waals surface area contributed by atoms with E-state index in [1.807, 2.05) is 6.20 Å². The van der Waals surface area contributed by atoms with E-state index in [4.69, 9.17) is 9.47 Å². The molecule has 1 aromatic carbocycles. The number of ether oxygens (including phenoxy) is 2. The molecule has 7 rings (SSSR count). The summed E-state index contributed by atoms with van der Waals surface area (Å²) >= 11 is 0. The summed E-state index contributed by atoms with van der Waals surface area (Å²) in [7, 11) is 0. The molecule has 33 heavy (non-hydrogen) atoms. The predicted molar refractivity (Wildman–Crippen MR) is 126 cm³/mol. The van der Waals surface area contributed by atoms with Gasteiger partial charge in [0.05, 0.1) is 12.6 Å². The zero-order valence-electron chi connectivity index (χ0n) is 19.5. The van der Waals surface area contributed by atoms with E-state index in [0.29, 0.717) is 18.4 Å². The SMILES string of the molecule is CC1(C)COc2cc(-c3ccc(C4CC4)nc3)ccc2C1NC(=O)O[C@@H]1CN2CCC1CC2. The molecule has 2 atom stereocenters. The molecule has 0 spiro atoms. The first-order chi connectivity index (χ1) is 16.0. The van der Waals surface area contributed by atoms with Crippen LogP contribution in [0.4, 0.5) is 4.79 Å². The Hall–Kier alpha value is -2.60. The maximum atomic E-state index is 12.9. The van der Waals surface area contributed by atoms with Gasteiger partial charge in [0.2, 0.25) is 0 Å². The first-order valence-electron chi connectivity index (χ1n) is 12.4. The summed E-state index contributed by atoms with van der Waals surface area (Å²) in [4.78, 5) is 20.0. The van der Waals surface area contributed by atoms with Crippen molar-refractivity contribution in [1.29, 1.82) is 0 Å². The van der Waals surface area contributed by atoms with Crippen molar-refractivity contribution in [2.45, 2.75) is 57.6 Å². The van der Waals surface area contributed by atoms with Crippen LogP contribution in [-0.2, 0) is 4.74 Å². The van der Waals surface area contributed by atoms with E-state index in [1.165, 1.54) is 18.5 Å². The zero-order chi connectivity index (χ0) is 22.6. The van der Waals surface area contributed by atoms with Crippen LogP contribution in [0, 0.1) is 11.3 Å². The van der Waals surface area contributed by atoms with Crippen LogP contribution in [0.15, 0.2) is 36.5 Å². The molecule has 1 N–H and O–H groups in total. The minimum atomic E-state index is -0.316. The molecular weight excluding hydrogens is 414 g/mol. The molecule has 2 aromatic rings. The molecule has 1 amide bonds. The number of nitrogens with zero attached hydrogens (tertiary/aromatic N) is 2. The summed E-state index contributed by atoms with van der Waals surface area (Å²) in [6.45, 7) is 7.92. The van der Waals surface area contributed by atoms with Gasteiger partial charge in [-0.25, -0.2) is 4.79 Å². The van der Waals surface area contributed by atoms with E-state index in [9.17, 15) is 4.79 Å². The minimum Gasteiger partial charge on any atom is -0.493 e. The minimum absolute atomic E-state index is 0.00316. The number of carbonyl (C=O) groups excluding carboxylic acids is 1. The van der Waals surface area contributed by atoms with Gasteiger partial charge in [-0.3, -0.25) is 9.88 Å². The fourth-order valence-electron chi connectivity index (χ4n) is 5.65. The van der Waals surface area contributed by atoms with Crippen LogP contribution in [0.3, 0.4) is 0 Å². The van der Waals surface area contributed by atoms with Crippen LogP contribution in [0.2, 0.25) is 0 Å². The monoisotopic (exact) mass is 447 g/mol. The van der Waals surface area contributed by atoms with Gasteiger partial charge in [-0.2, -0.15) is 0 Å². The molecule has 3 saturated heterocycles. The molecule has 4 aliphatic heterocycles. The van der Waals surface area contributed by atoms with Gasteiger partial charge < -0.3 is 14.8 Å². The van der Waals surface area contributed by atoms with Crippen molar-refractivity contribution in [3.8, 4) is 16.9 Å². The summed E-state index contributed by atoms with van der Waals surface area (Å²) in [5, 5.41) is 3.19. The molecule has 6 nitrogen and oxygen atoms in total. The standard InChI is InChI=1S/C27H33N3O3/c1-27(2)16-32-23-13-19(20-6-8-22(28-14-20)17-3-4-17)5-7-21(23)25(27)29-26(31)33-24-15-30-11-9-18(24)10-12-30/h5-8,13-14,17-18,24-25H,3-4,9-12,15-16H2,1-2H3,(H,29,31)/t24-,25?/m1/s1. The molecule has 1 aromatic heterocycles. The van der Waals surface area contributed by atoms with E-state index >= 15 is 0 Å². The first kappa shape index (κ1) is 21.0. The van der Waals surface area contributed by atoms with Crippen LogP contribution in [-0.4, -0.2) is 48.3 Å². The second-order valence-electron chi connectivity index (χ2n) is 10.9. The van der Waals surface area contributed by atoms with Crippen molar-refractivity contribution in [3.63, 3.8) is 0 Å². The van der Waals surface area contributed by atoms with Crippen molar-refractivity contribution >= 4 is 6.09 Å². The lowest BCUT2D eigenvalue weighted by Crippen LogP contribution is -2.53. The third-order valence-corrected chi connectivity index (χ3v) is 7.94. The van der Waals surface area contributed by atoms with Gasteiger partial charge in [-0.05, 0) is 62.4 Å². The third kappa shape index (κ3) is 4.10. The lowest BCUT2D eigenvalue weighted by molar-refractivity contribution is -0.0361. The zero-order valence-corrected chi connectivity index (χ0v) is 19.5. The number of alkyl carbamates (subject to hydrolysis) is 1. The van der Waals surface area contributed by atoms with Crippen LogP contribution in [0.25, 0.3) is 11.1 Å². The molecule has 5 heterocycles. The summed E-state index contributed by atoms with van der Waals surface area (Å²) in [6.07, 6.45) is 6.41. The number of carbonyl (C=O) groups is 1. The Bertz CT molecular complexity index is 1040. The van der Waals surface area contributed by atoms with E-state index in [-0.39, 0.29) is 23.7 Å². The highest BCUT2D eigenvalue weighted by atomic mass is 16.6. The highest BCUT2D eigenvalue weighted by Crippen LogP contribution is 2.44. The van der Waals surface area contributed by atoms with Gasteiger partial charge in [0, 0.05) is 40.9 Å². The van der Waals surface area contributed by atoms with Crippen LogP contribution in [0.5, 0.6) is 5.75 Å². The van der Waals surface area contributed by atoms with Crippen molar-refractivity contribution in [1.82, 2.24) is 15.2 Å². The van der Waals surface area contributed by atoms with E-state index < -0.39 is 0 Å². The van der Waals surface area contributed by atoms with E-state index in [1.54, 1.807) is 0 Å². The number of pyridine rings is 1. The topological polar surface area (TPSA) is 63.7 Å². The van der Waals surface area contributed by atoms with Gasteiger partial charge >= 0.3 is 6.09 Å². The number of aromatic nitrogens is 1. The molecule has 4 fully saturated rings. The van der Waals surface area contributed by atoms with Gasteiger partial charge in [0.1, 0.15) is 11.9 Å². The average molecular weight is 448 g/mol. The van der Waals surface area contributed by atoms with Gasteiger partial charge in [0.25, 0.3) is 0 Å². The second kappa shape index (κ2) is 8.01. The summed E-state index contributed by atoms with van der Waals surface area (Å²) in [6, 6.07) is 10.4. The number of hydrogen-bond acceptors (Lipinski definition) is 5. The first-order valence-corrected chi connectivity index (χ1v) is 12.4. The molecule has 6 heteroatoms. The molecule has 2 bridgehead atoms. The Labute approximate surface area is 195 Å². The van der Waals surface area contributed by atoms with Gasteiger partial charge in [-0.1, -0.05) is 32.0 Å². The van der Waals surface area contributed by atoms with Gasteiger partial charge in [-0.15, -0.1) is 0 Å². The molecule has 1 unspecified atom stereocenters. The smallest absolute Gasteiger partial charge is 0.407 e. The van der Waals surface area contributed by atoms with E-state index in [0.717, 1.165) is 54.9 Å². The summed E-state index contributed by atoms with van der Waals surface area (Å²) in [5.41, 5.74) is 4.12. The Kier molecular flexibility index (Phi) is 5.09. The second-order valence-corrected chi connectivity index (χ2v) is 10.9. The largest absolute Gasteiger partial charge is 0.493 e. The fraction of sp³-hybridized carbons (Fsp3) is 0.556. The number of nitrogens with one attached hydrogen (secondary N) is 1. The number of piperidine rings is 3. The molecule has 1 saturated carbocycles. The highest BCUT2D eigenvalue weighted by molar-refractivity contribution is 5.70. The summed E-state index contributed by atoms with van der Waals surface area (Å²) < 4.78 is 12.1. The lowest BCUT2D eigenvalue weighted by Gasteiger charge is -2.44. The Morgan fingerprint density at radius 3 is 2.58 bits per heavy atom. The molecular formula is C27H33N3O3. The Morgan fingerprint density at radius 2 is 1.91 bits per heavy atom. The van der Waals surface area contributed by atoms with Crippen molar-refractivity contribution in [3.05, 3.63) is 47.8 Å². The lowest BCUT2D eigenvalue weighted by atomic mass is 9.78. The van der Waals surface area contributed by atoms with Crippen molar-refractivity contribution in [2.75, 3.05) is 26.2 Å². The Balaban J connectivity index is 1.20. The van der Waals surface area contributed by atoms with Crippen LogP contribution >= 0.6 is 0 Å². The normalized spacial score (nSPS) is 29.6. The van der Waals surface area contributed by atoms with Crippen LogP contribution < -0.4 is 10.1 Å².